The number of hydrogen-bond donors (Lipinski definition) is 10. The van der Waals surface area contributed by atoms with Crippen LogP contribution < -0.4 is 17.2 Å². The molecule has 0 spiro atoms. The van der Waals surface area contributed by atoms with Crippen LogP contribution in [0.2, 0.25) is 0 Å². The van der Waals surface area contributed by atoms with E-state index in [9.17, 15) is 35.7 Å². The van der Waals surface area contributed by atoms with Crippen molar-refractivity contribution in [3.63, 3.8) is 0 Å². The number of rotatable bonds is 10. The van der Waals surface area contributed by atoms with Crippen LogP contribution in [0.3, 0.4) is 0 Å². The zero-order valence-electron chi connectivity index (χ0n) is 20.5. The number of nitrogens with two attached hydrogens (primary N) is 3. The molecule has 16 nitrogen and oxygen atoms in total. The van der Waals surface area contributed by atoms with E-state index in [4.69, 9.17) is 45.6 Å². The van der Waals surface area contributed by atoms with E-state index < -0.39 is 112 Å². The van der Waals surface area contributed by atoms with E-state index in [0.717, 1.165) is 0 Å². The lowest BCUT2D eigenvalue weighted by molar-refractivity contribution is -0.349. The van der Waals surface area contributed by atoms with Gasteiger partial charge in [0.15, 0.2) is 18.9 Å². The van der Waals surface area contributed by atoms with Gasteiger partial charge in [0, 0.05) is 6.61 Å². The molecule has 16 heteroatoms. The summed E-state index contributed by atoms with van der Waals surface area (Å²) in [5.41, 5.74) is 18.2. The molecular formula is C21H41N3O13. The Kier molecular flexibility index (Phi) is 11.4. The molecular weight excluding hydrogens is 502 g/mol. The summed E-state index contributed by atoms with van der Waals surface area (Å²) in [7, 11) is 0. The highest BCUT2D eigenvalue weighted by Crippen LogP contribution is 2.31. The van der Waals surface area contributed by atoms with Gasteiger partial charge in [-0.2, -0.15) is 0 Å². The Balaban J connectivity index is 1.75. The van der Waals surface area contributed by atoms with Crippen LogP contribution in [-0.2, 0) is 28.4 Å². The van der Waals surface area contributed by atoms with Crippen LogP contribution in [0.25, 0.3) is 0 Å². The van der Waals surface area contributed by atoms with Crippen molar-refractivity contribution in [3.05, 3.63) is 0 Å². The molecule has 2 unspecified atom stereocenters. The second-order valence-electron chi connectivity index (χ2n) is 9.44. The summed E-state index contributed by atoms with van der Waals surface area (Å²) in [5.74, 6) is 0. The Morgan fingerprint density at radius 1 is 0.622 bits per heavy atom. The van der Waals surface area contributed by atoms with E-state index in [1.807, 2.05) is 6.92 Å². The highest BCUT2D eigenvalue weighted by atomic mass is 16.7. The van der Waals surface area contributed by atoms with Crippen molar-refractivity contribution in [2.24, 2.45) is 17.2 Å². The smallest absolute Gasteiger partial charge is 0.176 e. The predicted octanol–water partition coefficient (Wildman–Crippen LogP) is -6.24. The van der Waals surface area contributed by atoms with Crippen LogP contribution in [0, 0.1) is 0 Å². The maximum Gasteiger partial charge on any atom is 0.176 e. The lowest BCUT2D eigenvalue weighted by Gasteiger charge is -2.49. The fourth-order valence-corrected chi connectivity index (χ4v) is 4.63. The minimum absolute atomic E-state index is 0.273. The summed E-state index contributed by atoms with van der Waals surface area (Å²) in [4.78, 5) is 0. The highest BCUT2D eigenvalue weighted by Gasteiger charge is 2.52. The first-order valence-corrected chi connectivity index (χ1v) is 12.3. The molecule has 0 bridgehead atoms. The third-order valence-electron chi connectivity index (χ3n) is 6.82. The first-order chi connectivity index (χ1) is 17.6. The number of ether oxygens (including phenoxy) is 6. The topological polar surface area (TPSA) is 275 Å². The van der Waals surface area contributed by atoms with E-state index in [-0.39, 0.29) is 6.61 Å². The third kappa shape index (κ3) is 6.58. The molecule has 3 rings (SSSR count). The molecule has 3 heterocycles. The average Bonchev–Trinajstić information content (AvgIpc) is 2.89. The van der Waals surface area contributed by atoms with E-state index in [1.165, 1.54) is 0 Å². The standard InChI is InChI=1S/C21H41N3O13/c1-2-3-32-18-12(24)19(31)33-9(6-27)17(18)37-21-11(23)15(30)16(8(5-26)35-21)36-20-10(22)14(29)13(28)7(4-25)34-20/h7-21,25-31H,2-6,22-24H2,1H3/t7-,8-,9-,10-,11-,12-,13-,14-,15-,16?,17?,18-,19-,20+,21+/m1/s1. The molecule has 3 saturated heterocycles. The number of aliphatic hydroxyl groups excluding tert-OH is 7. The lowest BCUT2D eigenvalue weighted by Crippen LogP contribution is -2.69. The van der Waals surface area contributed by atoms with Gasteiger partial charge in [0.05, 0.1) is 37.9 Å². The first-order valence-electron chi connectivity index (χ1n) is 12.3. The van der Waals surface area contributed by atoms with Crippen molar-refractivity contribution >= 4 is 0 Å². The lowest BCUT2D eigenvalue weighted by atomic mass is 9.94. The summed E-state index contributed by atoms with van der Waals surface area (Å²) in [6.45, 7) is 0.282. The van der Waals surface area contributed by atoms with Crippen LogP contribution in [0.15, 0.2) is 0 Å². The Morgan fingerprint density at radius 3 is 1.70 bits per heavy atom. The van der Waals surface area contributed by atoms with Gasteiger partial charge in [-0.1, -0.05) is 6.92 Å². The minimum Gasteiger partial charge on any atom is -0.394 e. The summed E-state index contributed by atoms with van der Waals surface area (Å²) in [5, 5.41) is 70.4. The molecule has 37 heavy (non-hydrogen) atoms. The Hall–Kier alpha value is -0.640. The van der Waals surface area contributed by atoms with Gasteiger partial charge in [0.2, 0.25) is 0 Å². The fourth-order valence-electron chi connectivity index (χ4n) is 4.63. The van der Waals surface area contributed by atoms with Gasteiger partial charge < -0.3 is 81.4 Å². The van der Waals surface area contributed by atoms with Crippen molar-refractivity contribution in [2.45, 2.75) is 105 Å². The van der Waals surface area contributed by atoms with Crippen molar-refractivity contribution < 1.29 is 64.2 Å². The quantitative estimate of drug-likeness (QED) is 0.123. The zero-order valence-corrected chi connectivity index (χ0v) is 20.5. The van der Waals surface area contributed by atoms with Gasteiger partial charge in [0.1, 0.15) is 54.9 Å². The second kappa shape index (κ2) is 13.6. The van der Waals surface area contributed by atoms with Gasteiger partial charge in [-0.15, -0.1) is 0 Å². The maximum absolute atomic E-state index is 11.0. The highest BCUT2D eigenvalue weighted by molar-refractivity contribution is 4.99. The minimum atomic E-state index is -1.52. The van der Waals surface area contributed by atoms with Crippen molar-refractivity contribution in [1.82, 2.24) is 0 Å². The first kappa shape index (κ1) is 30.9. The molecule has 3 aliphatic rings. The SMILES string of the molecule is CCCO[C@H]1C(O[C@@H]2O[C@H](CO)C(O[C@@H]3O[C@H](CO)[C@@H](O)[C@H](O)[C@H]3N)[C@H](O)[C@H]2N)[C@@H](CO)O[C@@H](O)[C@@H]1N. The summed E-state index contributed by atoms with van der Waals surface area (Å²) in [6.07, 6.45) is -14.8. The van der Waals surface area contributed by atoms with Crippen molar-refractivity contribution in [1.29, 1.82) is 0 Å². The molecule has 0 aromatic heterocycles. The van der Waals surface area contributed by atoms with Gasteiger partial charge in [0.25, 0.3) is 0 Å². The van der Waals surface area contributed by atoms with E-state index >= 15 is 0 Å². The normalized spacial score (nSPS) is 49.2. The maximum atomic E-state index is 11.0. The van der Waals surface area contributed by atoms with Crippen molar-refractivity contribution in [2.75, 3.05) is 26.4 Å². The summed E-state index contributed by atoms with van der Waals surface area (Å²) < 4.78 is 34.0. The molecule has 0 radical (unpaired) electrons. The molecule has 218 valence electrons. The monoisotopic (exact) mass is 543 g/mol. The Labute approximate surface area is 213 Å². The predicted molar refractivity (Wildman–Crippen MR) is 121 cm³/mol. The zero-order chi connectivity index (χ0) is 27.4. The summed E-state index contributed by atoms with van der Waals surface area (Å²) >= 11 is 0. The molecule has 13 N–H and O–H groups in total. The molecule has 0 saturated carbocycles. The van der Waals surface area contributed by atoms with E-state index in [0.29, 0.717) is 6.42 Å². The van der Waals surface area contributed by atoms with Crippen LogP contribution in [0.1, 0.15) is 13.3 Å². The molecule has 0 aliphatic carbocycles. The molecule has 0 aromatic carbocycles. The summed E-state index contributed by atoms with van der Waals surface area (Å²) in [6, 6.07) is -3.56. The molecule has 15 atom stereocenters. The van der Waals surface area contributed by atoms with E-state index in [2.05, 4.69) is 0 Å². The largest absolute Gasteiger partial charge is 0.394 e. The molecule has 3 fully saturated rings. The fraction of sp³-hybridized carbons (Fsp3) is 1.00. The van der Waals surface area contributed by atoms with E-state index in [1.54, 1.807) is 0 Å². The average molecular weight is 544 g/mol. The van der Waals surface area contributed by atoms with Gasteiger partial charge in [-0.05, 0) is 6.42 Å². The van der Waals surface area contributed by atoms with Crippen LogP contribution in [0.5, 0.6) is 0 Å². The molecule has 0 aromatic rings. The van der Waals surface area contributed by atoms with Gasteiger partial charge in [-0.25, -0.2) is 0 Å². The van der Waals surface area contributed by atoms with Gasteiger partial charge in [-0.3, -0.25) is 0 Å². The number of aliphatic hydroxyl groups is 7. The van der Waals surface area contributed by atoms with Crippen LogP contribution in [-0.4, -0.2) is 154 Å². The molecule has 0 amide bonds. The van der Waals surface area contributed by atoms with Crippen LogP contribution in [0.4, 0.5) is 0 Å². The Bertz CT molecular complexity index is 694. The second-order valence-corrected chi connectivity index (χ2v) is 9.44. The number of hydrogen-bond acceptors (Lipinski definition) is 16. The van der Waals surface area contributed by atoms with Crippen LogP contribution >= 0.6 is 0 Å². The van der Waals surface area contributed by atoms with Crippen molar-refractivity contribution in [3.8, 4) is 0 Å². The third-order valence-corrected chi connectivity index (χ3v) is 6.82. The molecule has 3 aliphatic heterocycles. The van der Waals surface area contributed by atoms with Gasteiger partial charge >= 0.3 is 0 Å². The Morgan fingerprint density at radius 2 is 1.14 bits per heavy atom.